The first-order valence-electron chi connectivity index (χ1n) is 12.6. The quantitative estimate of drug-likeness (QED) is 0.274. The molecule has 0 aliphatic carbocycles. The van der Waals surface area contributed by atoms with Crippen LogP contribution in [-0.4, -0.2) is 38.0 Å². The van der Waals surface area contributed by atoms with Crippen molar-refractivity contribution in [3.63, 3.8) is 0 Å². The Labute approximate surface area is 228 Å². The molecule has 0 aromatic heterocycles. The predicted octanol–water partition coefficient (Wildman–Crippen LogP) is 5.66. The molecule has 0 radical (unpaired) electrons. The number of rotatable bonds is 11. The summed E-state index contributed by atoms with van der Waals surface area (Å²) in [6, 6.07) is 30.5. The van der Waals surface area contributed by atoms with Crippen LogP contribution in [-0.2, 0) is 22.6 Å². The van der Waals surface area contributed by atoms with E-state index in [9.17, 15) is 9.59 Å². The zero-order valence-electron chi connectivity index (χ0n) is 22.3. The molecule has 0 saturated carbocycles. The van der Waals surface area contributed by atoms with Crippen molar-refractivity contribution in [2.24, 2.45) is 0 Å². The van der Waals surface area contributed by atoms with Gasteiger partial charge >= 0.3 is 0 Å². The van der Waals surface area contributed by atoms with Gasteiger partial charge in [-0.15, -0.1) is 0 Å². The molecule has 4 rings (SSSR count). The first kappa shape index (κ1) is 27.3. The third-order valence-corrected chi connectivity index (χ3v) is 6.36. The van der Waals surface area contributed by atoms with Gasteiger partial charge in [-0.2, -0.15) is 0 Å². The maximum absolute atomic E-state index is 14.0. The predicted molar refractivity (Wildman–Crippen MR) is 151 cm³/mol. The topological polar surface area (TPSA) is 77.1 Å². The van der Waals surface area contributed by atoms with E-state index < -0.39 is 6.04 Å². The zero-order valence-corrected chi connectivity index (χ0v) is 22.3. The number of hydrogen-bond acceptors (Lipinski definition) is 5. The standard InChI is InChI=1S/C32H32N2O5/c1-37-27-17-15-26(16-18-27)33-32(36)31(25-14-19-28(38-2)29(21-25)39-3)34(22-24-12-8-5-9-13-24)30(35)20-23-10-6-4-7-11-23/h4-19,21,31H,20,22H2,1-3H3,(H,33,36). The largest absolute Gasteiger partial charge is 0.497 e. The van der Waals surface area contributed by atoms with Crippen molar-refractivity contribution in [3.8, 4) is 17.2 Å². The summed E-state index contributed by atoms with van der Waals surface area (Å²) in [5, 5.41) is 2.98. The Balaban J connectivity index is 1.77. The Bertz CT molecular complexity index is 1380. The number of hydrogen-bond donors (Lipinski definition) is 1. The van der Waals surface area contributed by atoms with Crippen molar-refractivity contribution in [2.75, 3.05) is 26.6 Å². The highest BCUT2D eigenvalue weighted by atomic mass is 16.5. The van der Waals surface area contributed by atoms with Crippen molar-refractivity contribution >= 4 is 17.5 Å². The van der Waals surface area contributed by atoms with Crippen molar-refractivity contribution in [3.05, 3.63) is 120 Å². The van der Waals surface area contributed by atoms with E-state index in [0.29, 0.717) is 28.5 Å². The van der Waals surface area contributed by atoms with Crippen molar-refractivity contribution in [1.29, 1.82) is 0 Å². The van der Waals surface area contributed by atoms with E-state index in [2.05, 4.69) is 5.32 Å². The van der Waals surface area contributed by atoms with Crippen LogP contribution in [0.15, 0.2) is 103 Å². The van der Waals surface area contributed by atoms with E-state index in [1.807, 2.05) is 60.7 Å². The monoisotopic (exact) mass is 524 g/mol. The van der Waals surface area contributed by atoms with Crippen LogP contribution in [0.2, 0.25) is 0 Å². The first-order chi connectivity index (χ1) is 19.0. The van der Waals surface area contributed by atoms with Gasteiger partial charge in [0.2, 0.25) is 5.91 Å². The number of nitrogens with one attached hydrogen (secondary N) is 1. The SMILES string of the molecule is COc1ccc(NC(=O)C(c2ccc(OC)c(OC)c2)N(Cc2ccccc2)C(=O)Cc2ccccc2)cc1. The second-order valence-electron chi connectivity index (χ2n) is 8.90. The van der Waals surface area contributed by atoms with Gasteiger partial charge in [-0.1, -0.05) is 66.7 Å². The normalized spacial score (nSPS) is 11.3. The van der Waals surface area contributed by atoms with Crippen molar-refractivity contribution < 1.29 is 23.8 Å². The molecule has 7 heteroatoms. The molecule has 4 aromatic rings. The molecule has 0 aliphatic rings. The third-order valence-electron chi connectivity index (χ3n) is 6.36. The lowest BCUT2D eigenvalue weighted by molar-refractivity contribution is -0.139. The second kappa shape index (κ2) is 13.1. The van der Waals surface area contributed by atoms with Crippen LogP contribution in [0.5, 0.6) is 17.2 Å². The third kappa shape index (κ3) is 6.96. The number of nitrogens with zero attached hydrogens (tertiary/aromatic N) is 1. The maximum atomic E-state index is 14.0. The molecule has 0 bridgehead atoms. The molecule has 0 aliphatic heterocycles. The smallest absolute Gasteiger partial charge is 0.251 e. The average molecular weight is 525 g/mol. The first-order valence-corrected chi connectivity index (χ1v) is 12.6. The van der Waals surface area contributed by atoms with Crippen molar-refractivity contribution in [1.82, 2.24) is 4.90 Å². The molecule has 200 valence electrons. The molecule has 0 saturated heterocycles. The summed E-state index contributed by atoms with van der Waals surface area (Å²) >= 11 is 0. The van der Waals surface area contributed by atoms with Gasteiger partial charge in [0.15, 0.2) is 11.5 Å². The minimum Gasteiger partial charge on any atom is -0.497 e. The molecule has 1 atom stereocenters. The Kier molecular flexibility index (Phi) is 9.19. The zero-order chi connectivity index (χ0) is 27.6. The molecule has 4 aromatic carbocycles. The van der Waals surface area contributed by atoms with E-state index in [0.717, 1.165) is 11.1 Å². The van der Waals surface area contributed by atoms with Gasteiger partial charge in [-0.05, 0) is 53.1 Å². The number of methoxy groups -OCH3 is 3. The molecule has 0 spiro atoms. The highest BCUT2D eigenvalue weighted by Gasteiger charge is 2.32. The van der Waals surface area contributed by atoms with Crippen LogP contribution in [0.3, 0.4) is 0 Å². The Morgan fingerprint density at radius 2 is 1.33 bits per heavy atom. The van der Waals surface area contributed by atoms with Gasteiger partial charge in [0.05, 0.1) is 27.8 Å². The molecule has 0 fully saturated rings. The number of carbonyl (C=O) groups excluding carboxylic acids is 2. The van der Waals surface area contributed by atoms with E-state index in [-0.39, 0.29) is 24.8 Å². The van der Waals surface area contributed by atoms with Crippen LogP contribution in [0.1, 0.15) is 22.7 Å². The lowest BCUT2D eigenvalue weighted by Crippen LogP contribution is -2.41. The van der Waals surface area contributed by atoms with Crippen LogP contribution in [0.4, 0.5) is 5.69 Å². The minimum absolute atomic E-state index is 0.146. The fraction of sp³-hybridized carbons (Fsp3) is 0.188. The molecular weight excluding hydrogens is 492 g/mol. The van der Waals surface area contributed by atoms with Gasteiger partial charge in [-0.3, -0.25) is 9.59 Å². The number of amides is 2. The van der Waals surface area contributed by atoms with Crippen LogP contribution in [0.25, 0.3) is 0 Å². The Hall–Kier alpha value is -4.78. The van der Waals surface area contributed by atoms with Gasteiger partial charge in [0, 0.05) is 12.2 Å². The summed E-state index contributed by atoms with van der Waals surface area (Å²) in [7, 11) is 4.67. The summed E-state index contributed by atoms with van der Waals surface area (Å²) in [5.74, 6) is 1.13. The van der Waals surface area contributed by atoms with Crippen LogP contribution < -0.4 is 19.5 Å². The summed E-state index contributed by atoms with van der Waals surface area (Å²) in [6.07, 6.45) is 0.146. The lowest BCUT2D eigenvalue weighted by atomic mass is 10.0. The van der Waals surface area contributed by atoms with Crippen molar-refractivity contribution in [2.45, 2.75) is 19.0 Å². The minimum atomic E-state index is -0.955. The van der Waals surface area contributed by atoms with Gasteiger partial charge in [0.1, 0.15) is 11.8 Å². The number of benzene rings is 4. The molecule has 39 heavy (non-hydrogen) atoms. The molecule has 0 heterocycles. The van der Waals surface area contributed by atoms with E-state index >= 15 is 0 Å². The van der Waals surface area contributed by atoms with Gasteiger partial charge in [0.25, 0.3) is 5.91 Å². The summed E-state index contributed by atoms with van der Waals surface area (Å²) in [6.45, 7) is 0.238. The fourth-order valence-electron chi connectivity index (χ4n) is 4.36. The summed E-state index contributed by atoms with van der Waals surface area (Å²) < 4.78 is 16.2. The highest BCUT2D eigenvalue weighted by Crippen LogP contribution is 2.34. The number of ether oxygens (including phenoxy) is 3. The molecule has 1 unspecified atom stereocenters. The molecular formula is C32H32N2O5. The number of anilines is 1. The molecule has 2 amide bonds. The number of carbonyl (C=O) groups is 2. The Morgan fingerprint density at radius 1 is 0.718 bits per heavy atom. The summed E-state index contributed by atoms with van der Waals surface area (Å²) in [5.41, 5.74) is 2.95. The maximum Gasteiger partial charge on any atom is 0.251 e. The van der Waals surface area contributed by atoms with E-state index in [1.54, 1.807) is 61.6 Å². The second-order valence-corrected chi connectivity index (χ2v) is 8.90. The van der Waals surface area contributed by atoms with Crippen LogP contribution >= 0.6 is 0 Å². The fourth-order valence-corrected chi connectivity index (χ4v) is 4.36. The average Bonchev–Trinajstić information content (AvgIpc) is 2.98. The van der Waals surface area contributed by atoms with Gasteiger partial charge in [-0.25, -0.2) is 0 Å². The van der Waals surface area contributed by atoms with E-state index in [1.165, 1.54) is 7.11 Å². The highest BCUT2D eigenvalue weighted by molar-refractivity contribution is 5.98. The lowest BCUT2D eigenvalue weighted by Gasteiger charge is -2.32. The van der Waals surface area contributed by atoms with Crippen LogP contribution in [0, 0.1) is 0 Å². The summed E-state index contributed by atoms with van der Waals surface area (Å²) in [4.78, 5) is 29.5. The molecule has 1 N–H and O–H groups in total. The Morgan fingerprint density at radius 3 is 1.92 bits per heavy atom. The van der Waals surface area contributed by atoms with E-state index in [4.69, 9.17) is 14.2 Å². The molecule has 7 nitrogen and oxygen atoms in total. The van der Waals surface area contributed by atoms with Gasteiger partial charge < -0.3 is 24.4 Å².